The van der Waals surface area contributed by atoms with Crippen LogP contribution in [0.3, 0.4) is 0 Å². The fraction of sp³-hybridized carbons (Fsp3) is 0.520. The van der Waals surface area contributed by atoms with Gasteiger partial charge in [0.15, 0.2) is 0 Å². The zero-order chi connectivity index (χ0) is 22.2. The van der Waals surface area contributed by atoms with E-state index in [0.717, 1.165) is 42.0 Å². The number of aliphatic hydroxyl groups excluding tert-OH is 1. The molecule has 32 heavy (non-hydrogen) atoms. The van der Waals surface area contributed by atoms with E-state index in [1.807, 2.05) is 30.3 Å². The molecule has 4 atom stereocenters. The van der Waals surface area contributed by atoms with E-state index in [4.69, 9.17) is 4.74 Å². The van der Waals surface area contributed by atoms with Crippen LogP contribution in [0.25, 0.3) is 15.9 Å². The summed E-state index contributed by atoms with van der Waals surface area (Å²) in [5.41, 5.74) is 1.41. The van der Waals surface area contributed by atoms with Gasteiger partial charge < -0.3 is 14.7 Å². The Balaban J connectivity index is 1.32. The smallest absolute Gasteiger partial charge is 0.275 e. The lowest BCUT2D eigenvalue weighted by Gasteiger charge is -2.36. The minimum atomic E-state index is -0.373. The zero-order valence-electron chi connectivity index (χ0n) is 18.7. The highest BCUT2D eigenvalue weighted by atomic mass is 32.1. The summed E-state index contributed by atoms with van der Waals surface area (Å²) in [6, 6.07) is 11.0. The van der Waals surface area contributed by atoms with Crippen molar-refractivity contribution >= 4 is 21.6 Å². The lowest BCUT2D eigenvalue weighted by Crippen LogP contribution is -2.43. The van der Waals surface area contributed by atoms with Crippen LogP contribution in [0.4, 0.5) is 0 Å². The van der Waals surface area contributed by atoms with Crippen molar-refractivity contribution in [2.75, 3.05) is 7.05 Å². The molecule has 0 aliphatic carbocycles. The van der Waals surface area contributed by atoms with Crippen LogP contribution in [0.2, 0.25) is 0 Å². The summed E-state index contributed by atoms with van der Waals surface area (Å²) >= 11 is 1.44. The van der Waals surface area contributed by atoms with Crippen molar-refractivity contribution in [2.24, 2.45) is 0 Å². The van der Waals surface area contributed by atoms with Crippen LogP contribution in [0, 0.1) is 0 Å². The number of ether oxygens (including phenoxy) is 1. The summed E-state index contributed by atoms with van der Waals surface area (Å²) in [5, 5.41) is 10.1. The van der Waals surface area contributed by atoms with Gasteiger partial charge in [0.2, 0.25) is 0 Å². The molecule has 2 aliphatic heterocycles. The number of hydrogen-bond acceptors (Lipinski definition) is 6. The summed E-state index contributed by atoms with van der Waals surface area (Å²) < 4.78 is 8.51. The average Bonchev–Trinajstić information content (AvgIpc) is 3.25. The molecule has 2 bridgehead atoms. The maximum Gasteiger partial charge on any atom is 0.275 e. The molecule has 1 unspecified atom stereocenters. The highest BCUT2D eigenvalue weighted by Gasteiger charge is 2.39. The van der Waals surface area contributed by atoms with Gasteiger partial charge in [-0.15, -0.1) is 11.3 Å². The lowest BCUT2D eigenvalue weighted by molar-refractivity contribution is 0.0662. The predicted molar refractivity (Wildman–Crippen MR) is 128 cm³/mol. The summed E-state index contributed by atoms with van der Waals surface area (Å²) in [5.74, 6) is 0.855. The quantitative estimate of drug-likeness (QED) is 0.582. The SMILES string of the molecule is CCCC(O)Cc1cc2ncn(-c3ccc(O[C@H]4C[C@H]5CC[C@@H](C4)N5C)cc3)c(=O)c2s1. The summed E-state index contributed by atoms with van der Waals surface area (Å²) in [6.45, 7) is 2.06. The maximum absolute atomic E-state index is 13.1. The molecule has 4 heterocycles. The first-order valence-electron chi connectivity index (χ1n) is 11.7. The molecular weight excluding hydrogens is 422 g/mol. The molecule has 2 fully saturated rings. The van der Waals surface area contributed by atoms with Gasteiger partial charge in [-0.05, 0) is 69.5 Å². The van der Waals surface area contributed by atoms with Crippen molar-refractivity contribution in [3.63, 3.8) is 0 Å². The molecule has 0 spiro atoms. The Morgan fingerprint density at radius 2 is 1.94 bits per heavy atom. The number of nitrogens with zero attached hydrogens (tertiary/aromatic N) is 3. The number of fused-ring (bicyclic) bond motifs is 3. The second-order valence-electron chi connectivity index (χ2n) is 9.25. The van der Waals surface area contributed by atoms with Crippen LogP contribution in [-0.2, 0) is 6.42 Å². The molecule has 7 heteroatoms. The highest BCUT2D eigenvalue weighted by Crippen LogP contribution is 2.36. The average molecular weight is 454 g/mol. The van der Waals surface area contributed by atoms with Crippen LogP contribution in [0.1, 0.15) is 50.3 Å². The molecule has 0 saturated carbocycles. The van der Waals surface area contributed by atoms with E-state index < -0.39 is 0 Å². The van der Waals surface area contributed by atoms with Crippen molar-refractivity contribution in [1.29, 1.82) is 0 Å². The first kappa shape index (κ1) is 21.6. The van der Waals surface area contributed by atoms with Crippen LogP contribution >= 0.6 is 11.3 Å². The first-order chi connectivity index (χ1) is 15.5. The van der Waals surface area contributed by atoms with Crippen molar-refractivity contribution in [3.8, 4) is 11.4 Å². The Morgan fingerprint density at radius 3 is 2.62 bits per heavy atom. The third kappa shape index (κ3) is 4.21. The third-order valence-electron chi connectivity index (χ3n) is 7.02. The number of thiophene rings is 1. The van der Waals surface area contributed by atoms with E-state index in [1.165, 1.54) is 24.2 Å². The second kappa shape index (κ2) is 8.96. The predicted octanol–water partition coefficient (Wildman–Crippen LogP) is 4.15. The molecule has 1 aromatic carbocycles. The number of hydrogen-bond donors (Lipinski definition) is 1. The lowest BCUT2D eigenvalue weighted by atomic mass is 10.0. The fourth-order valence-corrected chi connectivity index (χ4v) is 6.36. The molecule has 170 valence electrons. The van der Waals surface area contributed by atoms with Gasteiger partial charge in [-0.3, -0.25) is 9.36 Å². The van der Waals surface area contributed by atoms with Gasteiger partial charge in [0.25, 0.3) is 5.56 Å². The Hall–Kier alpha value is -2.22. The van der Waals surface area contributed by atoms with Gasteiger partial charge in [-0.2, -0.15) is 0 Å². The van der Waals surface area contributed by atoms with E-state index in [9.17, 15) is 9.90 Å². The van der Waals surface area contributed by atoms with E-state index in [1.54, 1.807) is 10.9 Å². The topological polar surface area (TPSA) is 67.6 Å². The summed E-state index contributed by atoms with van der Waals surface area (Å²) in [4.78, 5) is 21.1. The van der Waals surface area contributed by atoms with Crippen molar-refractivity contribution in [3.05, 3.63) is 51.9 Å². The van der Waals surface area contributed by atoms with Crippen LogP contribution in [0.15, 0.2) is 41.5 Å². The van der Waals surface area contributed by atoms with Gasteiger partial charge in [0, 0.05) is 23.4 Å². The number of piperidine rings is 1. The minimum absolute atomic E-state index is 0.0724. The highest BCUT2D eigenvalue weighted by molar-refractivity contribution is 7.18. The van der Waals surface area contributed by atoms with Crippen LogP contribution in [-0.4, -0.2) is 50.9 Å². The van der Waals surface area contributed by atoms with Gasteiger partial charge in [-0.25, -0.2) is 4.98 Å². The van der Waals surface area contributed by atoms with Crippen LogP contribution in [0.5, 0.6) is 5.75 Å². The molecule has 6 nitrogen and oxygen atoms in total. The third-order valence-corrected chi connectivity index (χ3v) is 8.15. The Kier molecular flexibility index (Phi) is 6.05. The summed E-state index contributed by atoms with van der Waals surface area (Å²) in [7, 11) is 2.24. The largest absolute Gasteiger partial charge is 0.490 e. The normalized spacial score (nSPS) is 24.2. The van der Waals surface area contributed by atoms with Crippen LogP contribution < -0.4 is 10.3 Å². The van der Waals surface area contributed by atoms with Crippen molar-refractivity contribution < 1.29 is 9.84 Å². The number of benzene rings is 1. The molecule has 0 radical (unpaired) electrons. The van der Waals surface area contributed by atoms with Gasteiger partial charge >= 0.3 is 0 Å². The standard InChI is InChI=1S/C25H31N3O3S/c1-3-4-19(29)13-22-14-23-24(32-22)25(30)28(15-26-23)16-7-9-20(10-8-16)31-21-11-17-5-6-18(12-21)27(17)2/h7-10,14-15,17-19,21,29H,3-6,11-13H2,1-2H3/t17-,18+,19?,21+. The van der Waals surface area contributed by atoms with Gasteiger partial charge in [-0.1, -0.05) is 13.3 Å². The Bertz CT molecular complexity index is 1130. The van der Waals surface area contributed by atoms with Gasteiger partial charge in [0.1, 0.15) is 22.9 Å². The molecule has 0 amide bonds. The molecular formula is C25H31N3O3S. The molecule has 2 saturated heterocycles. The number of aromatic nitrogens is 2. The molecule has 3 aromatic rings. The van der Waals surface area contributed by atoms with E-state index in [-0.39, 0.29) is 17.8 Å². The van der Waals surface area contributed by atoms with Crippen molar-refractivity contribution in [2.45, 2.75) is 76.2 Å². The second-order valence-corrected chi connectivity index (χ2v) is 10.4. The molecule has 2 aromatic heterocycles. The zero-order valence-corrected chi connectivity index (χ0v) is 19.6. The maximum atomic E-state index is 13.1. The van der Waals surface area contributed by atoms with Gasteiger partial charge in [0.05, 0.1) is 17.3 Å². The van der Waals surface area contributed by atoms with E-state index in [0.29, 0.717) is 28.7 Å². The monoisotopic (exact) mass is 453 g/mol. The fourth-order valence-electron chi connectivity index (χ4n) is 5.25. The molecule has 1 N–H and O–H groups in total. The minimum Gasteiger partial charge on any atom is -0.490 e. The molecule has 5 rings (SSSR count). The Labute approximate surface area is 192 Å². The first-order valence-corrected chi connectivity index (χ1v) is 12.5. The molecule has 2 aliphatic rings. The Morgan fingerprint density at radius 1 is 1.22 bits per heavy atom. The van der Waals surface area contributed by atoms with Crippen molar-refractivity contribution in [1.82, 2.24) is 14.5 Å². The number of rotatable bonds is 7. The summed E-state index contributed by atoms with van der Waals surface area (Å²) in [6.07, 6.45) is 8.49. The number of aliphatic hydroxyl groups is 1. The van der Waals surface area contributed by atoms with E-state index in [2.05, 4.69) is 23.9 Å². The van der Waals surface area contributed by atoms with E-state index >= 15 is 0 Å².